The Labute approximate surface area is 116 Å². The van der Waals surface area contributed by atoms with Crippen LogP contribution in [0.15, 0.2) is 18.2 Å². The van der Waals surface area contributed by atoms with E-state index in [1.807, 2.05) is 6.07 Å². The first-order valence-corrected chi connectivity index (χ1v) is 6.72. The van der Waals surface area contributed by atoms with E-state index in [4.69, 9.17) is 4.74 Å². The third-order valence-corrected chi connectivity index (χ3v) is 3.71. The first kappa shape index (κ1) is 12.8. The maximum absolute atomic E-state index is 12.6. The molecule has 6 heteroatoms. The van der Waals surface area contributed by atoms with Crippen LogP contribution in [-0.4, -0.2) is 47.6 Å². The molecule has 3 rings (SSSR count). The van der Waals surface area contributed by atoms with Crippen LogP contribution >= 0.6 is 0 Å². The monoisotopic (exact) mass is 276 g/mol. The van der Waals surface area contributed by atoms with Crippen molar-refractivity contribution in [2.45, 2.75) is 18.9 Å². The van der Waals surface area contributed by atoms with Crippen LogP contribution in [0.3, 0.4) is 0 Å². The number of carboxylic acids is 1. The Bertz CT molecular complexity index is 558. The van der Waals surface area contributed by atoms with Crippen LogP contribution in [0, 0.1) is 0 Å². The highest BCUT2D eigenvalue weighted by Crippen LogP contribution is 2.33. The molecule has 0 aromatic heterocycles. The predicted molar refractivity (Wildman–Crippen MR) is 72.1 cm³/mol. The highest BCUT2D eigenvalue weighted by Gasteiger charge is 2.35. The summed E-state index contributed by atoms with van der Waals surface area (Å²) in [7, 11) is 0. The molecule has 1 aromatic carbocycles. The van der Waals surface area contributed by atoms with Gasteiger partial charge in [-0.2, -0.15) is 0 Å². The first-order chi connectivity index (χ1) is 9.68. The second kappa shape index (κ2) is 5.03. The van der Waals surface area contributed by atoms with Gasteiger partial charge in [-0.15, -0.1) is 0 Å². The normalized spacial score (nSPS) is 20.8. The molecule has 0 saturated carbocycles. The van der Waals surface area contributed by atoms with Gasteiger partial charge < -0.3 is 20.1 Å². The van der Waals surface area contributed by atoms with E-state index >= 15 is 0 Å². The third-order valence-electron chi connectivity index (χ3n) is 3.71. The quantitative estimate of drug-likeness (QED) is 0.848. The van der Waals surface area contributed by atoms with Gasteiger partial charge in [0, 0.05) is 13.1 Å². The van der Waals surface area contributed by atoms with Crippen LogP contribution in [0.5, 0.6) is 5.75 Å². The van der Waals surface area contributed by atoms with Crippen molar-refractivity contribution in [3.8, 4) is 5.75 Å². The largest absolute Gasteiger partial charge is 0.489 e. The molecule has 2 heterocycles. The Morgan fingerprint density at radius 2 is 2.25 bits per heavy atom. The van der Waals surface area contributed by atoms with Crippen molar-refractivity contribution in [2.24, 2.45) is 0 Å². The fourth-order valence-corrected chi connectivity index (χ4v) is 2.76. The van der Waals surface area contributed by atoms with Gasteiger partial charge in [0.15, 0.2) is 5.75 Å². The van der Waals surface area contributed by atoms with E-state index in [0.717, 1.165) is 12.1 Å². The van der Waals surface area contributed by atoms with Crippen LogP contribution in [-0.2, 0) is 4.79 Å². The van der Waals surface area contributed by atoms with Gasteiger partial charge in [0.25, 0.3) is 5.91 Å². The van der Waals surface area contributed by atoms with Gasteiger partial charge in [-0.3, -0.25) is 4.79 Å². The van der Waals surface area contributed by atoms with E-state index in [1.54, 1.807) is 12.1 Å². The zero-order valence-electron chi connectivity index (χ0n) is 11.0. The van der Waals surface area contributed by atoms with Crippen molar-refractivity contribution in [1.29, 1.82) is 0 Å². The molecular formula is C14H16N2O4. The molecular weight excluding hydrogens is 260 g/mol. The molecule has 6 nitrogen and oxygen atoms in total. The molecule has 2 aliphatic rings. The van der Waals surface area contributed by atoms with Gasteiger partial charge in [0.05, 0.1) is 11.3 Å². The summed E-state index contributed by atoms with van der Waals surface area (Å²) in [5.41, 5.74) is 1.22. The summed E-state index contributed by atoms with van der Waals surface area (Å²) in [4.78, 5) is 25.2. The highest BCUT2D eigenvalue weighted by atomic mass is 16.5. The fraction of sp³-hybridized carbons (Fsp3) is 0.429. The number of carbonyl (C=O) groups excluding carboxylic acids is 1. The number of rotatable bonds is 2. The van der Waals surface area contributed by atoms with Gasteiger partial charge in [0.2, 0.25) is 0 Å². The van der Waals surface area contributed by atoms with E-state index in [9.17, 15) is 14.7 Å². The van der Waals surface area contributed by atoms with Crippen molar-refractivity contribution in [2.75, 3.05) is 25.0 Å². The molecule has 0 radical (unpaired) electrons. The summed E-state index contributed by atoms with van der Waals surface area (Å²) in [6.45, 7) is 1.68. The van der Waals surface area contributed by atoms with Crippen molar-refractivity contribution < 1.29 is 19.4 Å². The lowest BCUT2D eigenvalue weighted by Crippen LogP contribution is -2.40. The molecule has 0 aliphatic carbocycles. The minimum atomic E-state index is -0.945. The summed E-state index contributed by atoms with van der Waals surface area (Å²) in [6, 6.07) is 4.59. The number of likely N-dealkylation sites (tertiary alicyclic amines) is 1. The zero-order valence-corrected chi connectivity index (χ0v) is 11.0. The van der Waals surface area contributed by atoms with Crippen LogP contribution in [0.1, 0.15) is 23.2 Å². The number of hydrogen-bond donors (Lipinski definition) is 2. The topological polar surface area (TPSA) is 78.9 Å². The Morgan fingerprint density at radius 3 is 3.05 bits per heavy atom. The predicted octanol–water partition coefficient (Wildman–Crippen LogP) is 1.18. The highest BCUT2D eigenvalue weighted by molar-refractivity contribution is 6.01. The number of para-hydroxylation sites is 1. The molecule has 20 heavy (non-hydrogen) atoms. The summed E-state index contributed by atoms with van der Waals surface area (Å²) in [5, 5.41) is 12.4. The van der Waals surface area contributed by atoms with E-state index in [0.29, 0.717) is 37.4 Å². The SMILES string of the molecule is O=C(O)[C@H]1CCCN1C(=O)c1cccc2c1OCCN2. The van der Waals surface area contributed by atoms with Crippen LogP contribution in [0.4, 0.5) is 5.69 Å². The molecule has 1 fully saturated rings. The summed E-state index contributed by atoms with van der Waals surface area (Å²) >= 11 is 0. The number of carbonyl (C=O) groups is 2. The molecule has 0 bridgehead atoms. The molecule has 1 saturated heterocycles. The summed E-state index contributed by atoms with van der Waals surface area (Å²) in [6.07, 6.45) is 1.23. The van der Waals surface area contributed by atoms with E-state index in [2.05, 4.69) is 5.32 Å². The van der Waals surface area contributed by atoms with Gasteiger partial charge in [-0.25, -0.2) is 4.79 Å². The van der Waals surface area contributed by atoms with Gasteiger partial charge in [0.1, 0.15) is 12.6 Å². The third kappa shape index (κ3) is 2.07. The van der Waals surface area contributed by atoms with E-state index in [1.165, 1.54) is 4.90 Å². The second-order valence-corrected chi connectivity index (χ2v) is 4.95. The van der Waals surface area contributed by atoms with Gasteiger partial charge in [-0.05, 0) is 25.0 Å². The van der Waals surface area contributed by atoms with Crippen molar-refractivity contribution in [1.82, 2.24) is 4.90 Å². The van der Waals surface area contributed by atoms with Gasteiger partial charge >= 0.3 is 5.97 Å². The number of nitrogens with one attached hydrogen (secondary N) is 1. The smallest absolute Gasteiger partial charge is 0.326 e. The number of fused-ring (bicyclic) bond motifs is 1. The number of benzene rings is 1. The average Bonchev–Trinajstić information content (AvgIpc) is 2.95. The van der Waals surface area contributed by atoms with Crippen molar-refractivity contribution in [3.05, 3.63) is 23.8 Å². The Morgan fingerprint density at radius 1 is 1.40 bits per heavy atom. The zero-order chi connectivity index (χ0) is 14.1. The van der Waals surface area contributed by atoms with Crippen LogP contribution in [0.2, 0.25) is 0 Å². The molecule has 1 atom stereocenters. The number of aliphatic carboxylic acids is 1. The molecule has 1 amide bonds. The van der Waals surface area contributed by atoms with Gasteiger partial charge in [-0.1, -0.05) is 6.07 Å². The lowest BCUT2D eigenvalue weighted by Gasteiger charge is -2.25. The Hall–Kier alpha value is -2.24. The number of amides is 1. The van der Waals surface area contributed by atoms with Crippen molar-refractivity contribution >= 4 is 17.6 Å². The first-order valence-electron chi connectivity index (χ1n) is 6.72. The molecule has 0 unspecified atom stereocenters. The number of carboxylic acid groups (broad SMARTS) is 1. The molecule has 0 spiro atoms. The maximum atomic E-state index is 12.6. The lowest BCUT2D eigenvalue weighted by atomic mass is 10.1. The Kier molecular flexibility index (Phi) is 3.22. The number of anilines is 1. The van der Waals surface area contributed by atoms with Crippen LogP contribution < -0.4 is 10.1 Å². The van der Waals surface area contributed by atoms with Crippen LogP contribution in [0.25, 0.3) is 0 Å². The maximum Gasteiger partial charge on any atom is 0.326 e. The van der Waals surface area contributed by atoms with Crippen molar-refractivity contribution in [3.63, 3.8) is 0 Å². The molecule has 1 aromatic rings. The number of nitrogens with zero attached hydrogens (tertiary/aromatic N) is 1. The van der Waals surface area contributed by atoms with E-state index in [-0.39, 0.29) is 5.91 Å². The Balaban J connectivity index is 1.93. The minimum Gasteiger partial charge on any atom is -0.489 e. The fourth-order valence-electron chi connectivity index (χ4n) is 2.76. The average molecular weight is 276 g/mol. The standard InChI is InChI=1S/C14H16N2O4/c17-13(16-7-2-5-11(16)14(18)19)9-3-1-4-10-12(9)20-8-6-15-10/h1,3-4,11,15H,2,5-8H2,(H,18,19)/t11-/m1/s1. The van der Waals surface area contributed by atoms with E-state index < -0.39 is 12.0 Å². The summed E-state index contributed by atoms with van der Waals surface area (Å²) in [5.74, 6) is -0.685. The minimum absolute atomic E-state index is 0.268. The number of hydrogen-bond acceptors (Lipinski definition) is 4. The number of ether oxygens (including phenoxy) is 1. The second-order valence-electron chi connectivity index (χ2n) is 4.95. The molecule has 2 aliphatic heterocycles. The summed E-state index contributed by atoms with van der Waals surface area (Å²) < 4.78 is 5.57. The molecule has 106 valence electrons. The lowest BCUT2D eigenvalue weighted by molar-refractivity contribution is -0.141. The molecule has 2 N–H and O–H groups in total.